The van der Waals surface area contributed by atoms with Gasteiger partial charge in [-0.05, 0) is 47.2 Å². The zero-order valence-electron chi connectivity index (χ0n) is 20.6. The number of amidine groups is 1. The second-order valence-corrected chi connectivity index (χ2v) is 10.1. The summed E-state index contributed by atoms with van der Waals surface area (Å²) in [4.78, 5) is 37.1. The fourth-order valence-corrected chi connectivity index (χ4v) is 5.41. The molecule has 1 N–H and O–H groups in total. The Hall–Kier alpha value is -3.88. The average molecular weight is 545 g/mol. The number of thioether (sulfide) groups is 1. The highest BCUT2D eigenvalue weighted by molar-refractivity contribution is 8.16. The Balaban J connectivity index is 1.39. The van der Waals surface area contributed by atoms with Gasteiger partial charge in [-0.25, -0.2) is 9.79 Å². The number of nitrogens with one attached hydrogen (secondary N) is 1. The Bertz CT molecular complexity index is 1420. The monoisotopic (exact) mass is 544 g/mol. The second-order valence-electron chi connectivity index (χ2n) is 8.82. The molecule has 1 unspecified atom stereocenters. The van der Waals surface area contributed by atoms with E-state index in [4.69, 9.17) is 21.3 Å². The molecule has 38 heavy (non-hydrogen) atoms. The maximum atomic E-state index is 13.5. The first kappa shape index (κ1) is 25.8. The lowest BCUT2D eigenvalue weighted by Gasteiger charge is -2.36. The van der Waals surface area contributed by atoms with Gasteiger partial charge >= 0.3 is 5.97 Å². The van der Waals surface area contributed by atoms with Crippen molar-refractivity contribution in [2.24, 2.45) is 4.99 Å². The average Bonchev–Trinajstić information content (AvgIpc) is 3.33. The van der Waals surface area contributed by atoms with Crippen LogP contribution in [0.15, 0.2) is 106 Å². The van der Waals surface area contributed by atoms with Crippen molar-refractivity contribution in [3.63, 3.8) is 0 Å². The van der Waals surface area contributed by atoms with Gasteiger partial charge in [-0.3, -0.25) is 9.78 Å². The number of carbonyl (C=O) groups excluding carboxylic acids is 2. The molecule has 0 bridgehead atoms. The van der Waals surface area contributed by atoms with E-state index in [-0.39, 0.29) is 18.9 Å². The fraction of sp³-hybridized carbons (Fsp3) is 0.172. The van der Waals surface area contributed by atoms with Crippen molar-refractivity contribution in [2.45, 2.75) is 32.5 Å². The molecule has 0 aliphatic carbocycles. The lowest BCUT2D eigenvalue weighted by atomic mass is 9.94. The number of rotatable bonds is 8. The number of pyridine rings is 1. The molecule has 0 saturated heterocycles. The number of hydrogen-bond donors (Lipinski definition) is 1. The summed E-state index contributed by atoms with van der Waals surface area (Å²) in [6.45, 7) is 2.34. The summed E-state index contributed by atoms with van der Waals surface area (Å²) in [6.07, 6.45) is 3.54. The maximum Gasteiger partial charge on any atom is 0.338 e. The number of fused-ring (bicyclic) bond motifs is 1. The van der Waals surface area contributed by atoms with E-state index in [1.54, 1.807) is 24.5 Å². The number of aliphatic imine (C=N–C) groups is 1. The summed E-state index contributed by atoms with van der Waals surface area (Å²) in [7, 11) is 0. The minimum Gasteiger partial charge on any atom is -0.457 e. The molecule has 2 aliphatic rings. The van der Waals surface area contributed by atoms with E-state index in [0.717, 1.165) is 22.4 Å². The minimum atomic E-state index is -0.518. The standard InChI is InChI=1S/C29H25ClN4O3S/c1-19-26(28(36)37-17-20-6-3-2-4-7-20)27(22-9-11-23(30)12-10-22)34-24(18-38-29(34)33-19)14-25(35)32-16-21-8-5-13-31-15-21/h2-13,15,18,27H,14,16-17H2,1H3,(H,32,35). The molecule has 7 nitrogen and oxygen atoms in total. The van der Waals surface area contributed by atoms with E-state index in [1.165, 1.54) is 11.8 Å². The van der Waals surface area contributed by atoms with E-state index in [1.807, 2.05) is 71.8 Å². The molecule has 1 atom stereocenters. The summed E-state index contributed by atoms with van der Waals surface area (Å²) >= 11 is 7.61. The van der Waals surface area contributed by atoms with Gasteiger partial charge in [-0.2, -0.15) is 0 Å². The van der Waals surface area contributed by atoms with Crippen molar-refractivity contribution < 1.29 is 14.3 Å². The lowest BCUT2D eigenvalue weighted by Crippen LogP contribution is -2.38. The number of aromatic nitrogens is 1. The van der Waals surface area contributed by atoms with Crippen molar-refractivity contribution in [3.05, 3.63) is 123 Å². The van der Waals surface area contributed by atoms with Crippen LogP contribution in [0, 0.1) is 0 Å². The van der Waals surface area contributed by atoms with Crippen LogP contribution in [0.25, 0.3) is 0 Å². The highest BCUT2D eigenvalue weighted by Crippen LogP contribution is 2.45. The number of allylic oxidation sites excluding steroid dienone is 1. The van der Waals surface area contributed by atoms with Crippen LogP contribution in [0.5, 0.6) is 0 Å². The Morgan fingerprint density at radius 3 is 2.55 bits per heavy atom. The van der Waals surface area contributed by atoms with Crippen molar-refractivity contribution >= 4 is 40.4 Å². The number of halogens is 1. The van der Waals surface area contributed by atoms with Gasteiger partial charge in [-0.15, -0.1) is 0 Å². The van der Waals surface area contributed by atoms with Gasteiger partial charge in [0.25, 0.3) is 0 Å². The summed E-state index contributed by atoms with van der Waals surface area (Å²) < 4.78 is 5.74. The van der Waals surface area contributed by atoms with Crippen LogP contribution in [0.3, 0.4) is 0 Å². The van der Waals surface area contributed by atoms with Crippen molar-refractivity contribution in [2.75, 3.05) is 0 Å². The molecule has 3 aromatic rings. The summed E-state index contributed by atoms with van der Waals surface area (Å²) in [5, 5.41) is 6.16. The zero-order valence-corrected chi connectivity index (χ0v) is 22.2. The van der Waals surface area contributed by atoms with E-state index in [9.17, 15) is 9.59 Å². The van der Waals surface area contributed by atoms with Crippen molar-refractivity contribution in [1.82, 2.24) is 15.2 Å². The zero-order chi connectivity index (χ0) is 26.5. The maximum absolute atomic E-state index is 13.5. The van der Waals surface area contributed by atoms with Crippen LogP contribution >= 0.6 is 23.4 Å². The number of amides is 1. The number of benzene rings is 2. The molecule has 9 heteroatoms. The third-order valence-corrected chi connectivity index (χ3v) is 7.31. The van der Waals surface area contributed by atoms with Gasteiger partial charge < -0.3 is 15.0 Å². The van der Waals surface area contributed by atoms with Crippen molar-refractivity contribution in [3.8, 4) is 0 Å². The highest BCUT2D eigenvalue weighted by atomic mass is 35.5. The largest absolute Gasteiger partial charge is 0.457 e. The van der Waals surface area contributed by atoms with Gasteiger partial charge in [0, 0.05) is 29.7 Å². The SMILES string of the molecule is CC1=C(C(=O)OCc2ccccc2)C(c2ccc(Cl)cc2)N2C(CC(=O)NCc3cccnc3)=CSC2=N1. The molecule has 0 spiro atoms. The molecular weight excluding hydrogens is 520 g/mol. The highest BCUT2D eigenvalue weighted by Gasteiger charge is 2.41. The molecule has 3 heterocycles. The Kier molecular flexibility index (Phi) is 7.91. The van der Waals surface area contributed by atoms with Gasteiger partial charge in [-0.1, -0.05) is 71.9 Å². The third kappa shape index (κ3) is 5.82. The van der Waals surface area contributed by atoms with Crippen LogP contribution in [-0.4, -0.2) is 26.9 Å². The number of esters is 1. The van der Waals surface area contributed by atoms with Crippen LogP contribution in [0.2, 0.25) is 5.02 Å². The number of hydrogen-bond acceptors (Lipinski definition) is 7. The van der Waals surface area contributed by atoms with Crippen LogP contribution in [0.1, 0.15) is 36.1 Å². The third-order valence-electron chi connectivity index (χ3n) is 6.17. The molecule has 5 rings (SSSR count). The molecule has 0 fully saturated rings. The van der Waals surface area contributed by atoms with Gasteiger partial charge in [0.15, 0.2) is 5.17 Å². The van der Waals surface area contributed by atoms with Crippen LogP contribution in [-0.2, 0) is 27.5 Å². The van der Waals surface area contributed by atoms with E-state index >= 15 is 0 Å². The van der Waals surface area contributed by atoms with Gasteiger partial charge in [0.1, 0.15) is 6.61 Å². The normalized spacial score (nSPS) is 16.5. The van der Waals surface area contributed by atoms with E-state index < -0.39 is 12.0 Å². The lowest BCUT2D eigenvalue weighted by molar-refractivity contribution is -0.141. The molecule has 1 aromatic heterocycles. The molecular formula is C29H25ClN4O3S. The molecule has 1 amide bonds. The predicted molar refractivity (Wildman–Crippen MR) is 149 cm³/mol. The molecule has 0 radical (unpaired) electrons. The Morgan fingerprint density at radius 1 is 1.05 bits per heavy atom. The van der Waals surface area contributed by atoms with Gasteiger partial charge in [0.05, 0.1) is 23.7 Å². The van der Waals surface area contributed by atoms with E-state index in [2.05, 4.69) is 10.3 Å². The first-order valence-electron chi connectivity index (χ1n) is 12.1. The Morgan fingerprint density at radius 2 is 1.82 bits per heavy atom. The van der Waals surface area contributed by atoms with Crippen LogP contribution in [0.4, 0.5) is 0 Å². The quantitative estimate of drug-likeness (QED) is 0.363. The summed E-state index contributed by atoms with van der Waals surface area (Å²) in [6, 6.07) is 20.1. The first-order chi connectivity index (χ1) is 18.5. The minimum absolute atomic E-state index is 0.127. The molecule has 192 valence electrons. The number of carbonyl (C=O) groups is 2. The van der Waals surface area contributed by atoms with Gasteiger partial charge in [0.2, 0.25) is 5.91 Å². The topological polar surface area (TPSA) is 83.9 Å². The first-order valence-corrected chi connectivity index (χ1v) is 13.3. The van der Waals surface area contributed by atoms with Crippen molar-refractivity contribution in [1.29, 1.82) is 0 Å². The molecule has 2 aliphatic heterocycles. The predicted octanol–water partition coefficient (Wildman–Crippen LogP) is 5.76. The second kappa shape index (κ2) is 11.7. The Labute approximate surface area is 230 Å². The number of nitrogens with zero attached hydrogens (tertiary/aromatic N) is 3. The molecule has 2 aromatic carbocycles. The van der Waals surface area contributed by atoms with Crippen LogP contribution < -0.4 is 5.32 Å². The summed E-state index contributed by atoms with van der Waals surface area (Å²) in [5.41, 5.74) is 4.41. The molecule has 0 saturated carbocycles. The number of ether oxygens (including phenoxy) is 1. The fourth-order valence-electron chi connectivity index (χ4n) is 4.32. The smallest absolute Gasteiger partial charge is 0.338 e. The van der Waals surface area contributed by atoms with E-state index in [0.29, 0.717) is 28.0 Å². The summed E-state index contributed by atoms with van der Waals surface area (Å²) in [5.74, 6) is -0.595.